The maximum Gasteiger partial charge on any atom is 0.145 e. The Morgan fingerprint density at radius 3 is 3.10 bits per heavy atom. The summed E-state index contributed by atoms with van der Waals surface area (Å²) in [4.78, 5) is 4.07. The van der Waals surface area contributed by atoms with Crippen molar-refractivity contribution in [3.05, 3.63) is 30.4 Å². The number of thiocarbonyl (C=S) groups is 1. The van der Waals surface area contributed by atoms with Crippen molar-refractivity contribution in [3.63, 3.8) is 0 Å². The normalized spacial score (nSPS) is 33.4. The molecule has 1 saturated carbocycles. The van der Waals surface area contributed by atoms with Gasteiger partial charge >= 0.3 is 0 Å². The highest BCUT2D eigenvalue weighted by atomic mass is 32.2. The molecule has 0 saturated heterocycles. The molecule has 1 unspecified atom stereocenters. The Balaban J connectivity index is 1.67. The van der Waals surface area contributed by atoms with Crippen molar-refractivity contribution in [1.29, 1.82) is 0 Å². The molecule has 4 heteroatoms. The van der Waals surface area contributed by atoms with E-state index in [2.05, 4.69) is 24.9 Å². The van der Waals surface area contributed by atoms with Crippen molar-refractivity contribution in [2.75, 3.05) is 0 Å². The van der Waals surface area contributed by atoms with Crippen LogP contribution in [0.3, 0.4) is 0 Å². The summed E-state index contributed by atoms with van der Waals surface area (Å²) in [5, 5.41) is 0.634. The van der Waals surface area contributed by atoms with Crippen LogP contribution in [0.1, 0.15) is 46.0 Å². The first-order valence-electron chi connectivity index (χ1n) is 7.48. The van der Waals surface area contributed by atoms with Crippen molar-refractivity contribution in [3.8, 4) is 0 Å². The second-order valence-corrected chi connectivity index (χ2v) is 8.28. The van der Waals surface area contributed by atoms with Crippen molar-refractivity contribution in [2.45, 2.75) is 51.2 Å². The molecule has 1 fully saturated rings. The molecule has 1 aromatic rings. The smallest absolute Gasteiger partial charge is 0.145 e. The summed E-state index contributed by atoms with van der Waals surface area (Å²) in [7, 11) is 0. The number of aromatic nitrogens is 2. The molecule has 2 nitrogen and oxygen atoms in total. The number of allylic oxidation sites excluding steroid dienone is 2. The Kier molecular flexibility index (Phi) is 4.04. The van der Waals surface area contributed by atoms with Crippen LogP contribution in [-0.2, 0) is 0 Å². The lowest BCUT2D eigenvalue weighted by molar-refractivity contribution is 0.181. The summed E-state index contributed by atoms with van der Waals surface area (Å²) >= 11 is 7.37. The minimum atomic E-state index is 0.450. The fraction of sp³-hybridized carbons (Fsp3) is 0.625. The van der Waals surface area contributed by atoms with Crippen LogP contribution in [0.25, 0.3) is 0 Å². The lowest BCUT2D eigenvalue weighted by Gasteiger charge is -2.46. The molecule has 1 heterocycles. The summed E-state index contributed by atoms with van der Waals surface area (Å²) in [6, 6.07) is 0. The van der Waals surface area contributed by atoms with Gasteiger partial charge in [-0.15, -0.1) is 0 Å². The predicted octanol–water partition coefficient (Wildman–Crippen LogP) is 4.66. The standard InChI is InChI=1S/C16H22N2S2/c1-12-4-3-5-13-10-14(6-7-16(12,13)2)20-15(19)18-9-8-17-11-18/h5,8-9,11-12,14H,3-4,6-7,10H2,1-2H3/t12?,14-,16+/m0/s1. The van der Waals surface area contributed by atoms with Crippen LogP contribution in [0, 0.1) is 11.3 Å². The monoisotopic (exact) mass is 306 g/mol. The summed E-state index contributed by atoms with van der Waals surface area (Å²) in [6.07, 6.45) is 14.4. The Morgan fingerprint density at radius 2 is 2.35 bits per heavy atom. The molecular formula is C16H22N2S2. The van der Waals surface area contributed by atoms with Gasteiger partial charge in [-0.2, -0.15) is 0 Å². The average Bonchev–Trinajstić information content (AvgIpc) is 2.95. The Bertz CT molecular complexity index is 521. The predicted molar refractivity (Wildman–Crippen MR) is 90.0 cm³/mol. The van der Waals surface area contributed by atoms with Gasteiger partial charge in [0.25, 0.3) is 0 Å². The number of fused-ring (bicyclic) bond motifs is 1. The Labute approximate surface area is 131 Å². The molecule has 0 bridgehead atoms. The highest BCUT2D eigenvalue weighted by molar-refractivity contribution is 8.23. The van der Waals surface area contributed by atoms with Gasteiger partial charge in [0.15, 0.2) is 0 Å². The minimum absolute atomic E-state index is 0.450. The second kappa shape index (κ2) is 5.64. The third-order valence-corrected chi connectivity index (χ3v) is 6.88. The highest BCUT2D eigenvalue weighted by Crippen LogP contribution is 2.52. The van der Waals surface area contributed by atoms with E-state index in [0.29, 0.717) is 10.7 Å². The topological polar surface area (TPSA) is 17.8 Å². The molecule has 3 rings (SSSR count). The van der Waals surface area contributed by atoms with E-state index >= 15 is 0 Å². The maximum atomic E-state index is 5.52. The average molecular weight is 307 g/mol. The van der Waals surface area contributed by atoms with E-state index in [1.807, 2.05) is 22.5 Å². The van der Waals surface area contributed by atoms with E-state index in [9.17, 15) is 0 Å². The maximum absolute atomic E-state index is 5.52. The first kappa shape index (κ1) is 14.3. The molecule has 20 heavy (non-hydrogen) atoms. The van der Waals surface area contributed by atoms with Gasteiger partial charge in [-0.25, -0.2) is 4.98 Å². The van der Waals surface area contributed by atoms with Crippen molar-refractivity contribution in [2.24, 2.45) is 11.3 Å². The third-order valence-electron chi connectivity index (χ3n) is 5.23. The molecule has 3 atom stereocenters. The SMILES string of the molecule is CC1CCC=C2C[C@@H](SC(=S)n3ccnc3)CC[C@@]21C. The second-order valence-electron chi connectivity index (χ2n) is 6.34. The van der Waals surface area contributed by atoms with Crippen molar-refractivity contribution >= 4 is 28.3 Å². The van der Waals surface area contributed by atoms with Crippen LogP contribution < -0.4 is 0 Å². The van der Waals surface area contributed by atoms with Crippen LogP contribution in [0.5, 0.6) is 0 Å². The van der Waals surface area contributed by atoms with Crippen LogP contribution in [0.2, 0.25) is 0 Å². The molecule has 2 aliphatic carbocycles. The Hall–Kier alpha value is -0.610. The highest BCUT2D eigenvalue weighted by Gasteiger charge is 2.41. The van der Waals surface area contributed by atoms with Gasteiger partial charge in [0.05, 0.1) is 0 Å². The van der Waals surface area contributed by atoms with Crippen molar-refractivity contribution in [1.82, 2.24) is 9.55 Å². The van der Waals surface area contributed by atoms with E-state index in [1.54, 1.807) is 18.1 Å². The zero-order valence-corrected chi connectivity index (χ0v) is 13.8. The Morgan fingerprint density at radius 1 is 1.50 bits per heavy atom. The van der Waals surface area contributed by atoms with Gasteiger partial charge in [-0.3, -0.25) is 4.57 Å². The molecule has 108 valence electrons. The molecule has 0 N–H and O–H groups in total. The van der Waals surface area contributed by atoms with Gasteiger partial charge in [-0.05, 0) is 43.4 Å². The first-order valence-corrected chi connectivity index (χ1v) is 8.77. The molecule has 0 spiro atoms. The fourth-order valence-corrected chi connectivity index (χ4v) is 5.11. The lowest BCUT2D eigenvalue weighted by Crippen LogP contribution is -2.36. The fourth-order valence-electron chi connectivity index (χ4n) is 3.58. The van der Waals surface area contributed by atoms with E-state index < -0.39 is 0 Å². The summed E-state index contributed by atoms with van der Waals surface area (Å²) in [5.74, 6) is 0.828. The van der Waals surface area contributed by atoms with Crippen LogP contribution in [-0.4, -0.2) is 19.1 Å². The first-order chi connectivity index (χ1) is 9.59. The quantitative estimate of drug-likeness (QED) is 0.555. The molecule has 0 aliphatic heterocycles. The summed E-state index contributed by atoms with van der Waals surface area (Å²) < 4.78 is 2.88. The number of imidazole rings is 1. The van der Waals surface area contributed by atoms with E-state index in [-0.39, 0.29) is 0 Å². The molecule has 0 radical (unpaired) electrons. The van der Waals surface area contributed by atoms with Gasteiger partial charge in [0.1, 0.15) is 10.6 Å². The van der Waals surface area contributed by atoms with Gasteiger partial charge in [0.2, 0.25) is 0 Å². The van der Waals surface area contributed by atoms with E-state index in [1.165, 1.54) is 32.1 Å². The number of thioether (sulfide) groups is 1. The van der Waals surface area contributed by atoms with Crippen LogP contribution in [0.4, 0.5) is 0 Å². The van der Waals surface area contributed by atoms with Crippen LogP contribution >= 0.6 is 24.0 Å². The van der Waals surface area contributed by atoms with Crippen molar-refractivity contribution < 1.29 is 0 Å². The lowest BCUT2D eigenvalue weighted by atomic mass is 9.61. The largest absolute Gasteiger partial charge is 0.291 e. The minimum Gasteiger partial charge on any atom is -0.291 e. The number of hydrogen-bond donors (Lipinski definition) is 0. The summed E-state index contributed by atoms with van der Waals surface area (Å²) in [6.45, 7) is 4.90. The van der Waals surface area contributed by atoms with Gasteiger partial charge in [0, 0.05) is 17.6 Å². The summed E-state index contributed by atoms with van der Waals surface area (Å²) in [5.41, 5.74) is 2.14. The number of rotatable bonds is 1. The molecule has 1 aromatic heterocycles. The number of nitrogens with zero attached hydrogens (tertiary/aromatic N) is 2. The van der Waals surface area contributed by atoms with Gasteiger partial charge in [-0.1, -0.05) is 49.5 Å². The molecule has 0 aromatic carbocycles. The van der Waals surface area contributed by atoms with E-state index in [4.69, 9.17) is 12.2 Å². The molecular weight excluding hydrogens is 284 g/mol. The zero-order valence-electron chi connectivity index (χ0n) is 12.2. The zero-order chi connectivity index (χ0) is 14.2. The third kappa shape index (κ3) is 2.60. The molecule has 2 aliphatic rings. The van der Waals surface area contributed by atoms with Gasteiger partial charge < -0.3 is 0 Å². The number of hydrogen-bond acceptors (Lipinski definition) is 3. The van der Waals surface area contributed by atoms with Crippen LogP contribution in [0.15, 0.2) is 30.4 Å². The molecule has 0 amide bonds. The van der Waals surface area contributed by atoms with E-state index in [0.717, 1.165) is 10.2 Å².